The zero-order valence-electron chi connectivity index (χ0n) is 18.3. The zero-order chi connectivity index (χ0) is 23.6. The summed E-state index contributed by atoms with van der Waals surface area (Å²) in [5.41, 5.74) is 0.236. The lowest BCUT2D eigenvalue weighted by Gasteiger charge is -2.35. The Labute approximate surface area is 195 Å². The summed E-state index contributed by atoms with van der Waals surface area (Å²) in [6.07, 6.45) is 0.784. The Balaban J connectivity index is 1.65. The van der Waals surface area contributed by atoms with Crippen molar-refractivity contribution in [3.63, 3.8) is 0 Å². The van der Waals surface area contributed by atoms with Crippen molar-refractivity contribution in [2.24, 2.45) is 0 Å². The van der Waals surface area contributed by atoms with Crippen LogP contribution in [0, 0.1) is 0 Å². The van der Waals surface area contributed by atoms with Gasteiger partial charge >= 0.3 is 6.18 Å². The highest BCUT2D eigenvalue weighted by atomic mass is 32.2. The van der Waals surface area contributed by atoms with E-state index in [1.807, 2.05) is 17.0 Å². The molecule has 4 nitrogen and oxygen atoms in total. The molecule has 1 saturated heterocycles. The molecule has 0 aromatic heterocycles. The van der Waals surface area contributed by atoms with Gasteiger partial charge in [0.25, 0.3) is 5.91 Å². The normalized spacial score (nSPS) is 20.2. The number of thioether (sulfide) groups is 1. The van der Waals surface area contributed by atoms with E-state index in [4.69, 9.17) is 0 Å². The van der Waals surface area contributed by atoms with Crippen LogP contribution >= 0.6 is 11.8 Å². The lowest BCUT2D eigenvalue weighted by molar-refractivity contribution is -0.137. The van der Waals surface area contributed by atoms with Crippen LogP contribution in [0.15, 0.2) is 64.4 Å². The van der Waals surface area contributed by atoms with Crippen molar-refractivity contribution in [3.05, 3.63) is 70.6 Å². The number of nitrogens with zero attached hydrogens (tertiary/aromatic N) is 2. The van der Waals surface area contributed by atoms with Gasteiger partial charge in [0.1, 0.15) is 0 Å². The molecule has 2 aromatic carbocycles. The first-order valence-electron chi connectivity index (χ1n) is 11.0. The Kier molecular flexibility index (Phi) is 6.83. The third kappa shape index (κ3) is 5.11. The predicted molar refractivity (Wildman–Crippen MR) is 123 cm³/mol. The molecule has 0 spiro atoms. The molecule has 0 saturated carbocycles. The smallest absolute Gasteiger partial charge is 0.336 e. The van der Waals surface area contributed by atoms with Crippen LogP contribution in [0.5, 0.6) is 0 Å². The summed E-state index contributed by atoms with van der Waals surface area (Å²) < 4.78 is 39.5. The molecule has 8 heteroatoms. The molecule has 2 heterocycles. The van der Waals surface area contributed by atoms with Crippen LogP contribution in [-0.2, 0) is 22.3 Å². The zero-order valence-corrected chi connectivity index (χ0v) is 19.1. The molecule has 0 aliphatic carbocycles. The number of hydrogen-bond acceptors (Lipinski definition) is 3. The number of carbonyl (C=O) groups is 2. The molecular formula is C25H25F3N2O2S. The highest BCUT2D eigenvalue weighted by Gasteiger charge is 2.33. The Morgan fingerprint density at radius 2 is 1.94 bits per heavy atom. The van der Waals surface area contributed by atoms with Gasteiger partial charge in [0.2, 0.25) is 5.91 Å². The van der Waals surface area contributed by atoms with Crippen molar-refractivity contribution in [1.29, 1.82) is 0 Å². The molecule has 1 fully saturated rings. The Morgan fingerprint density at radius 1 is 1.15 bits per heavy atom. The lowest BCUT2D eigenvalue weighted by atomic mass is 10.00. The predicted octanol–water partition coefficient (Wildman–Crippen LogP) is 6.02. The molecule has 33 heavy (non-hydrogen) atoms. The fraction of sp³-hybridized carbons (Fsp3) is 0.360. The number of amides is 2. The fourth-order valence-electron chi connectivity index (χ4n) is 4.36. The van der Waals surface area contributed by atoms with Gasteiger partial charge in [0, 0.05) is 23.6 Å². The van der Waals surface area contributed by atoms with E-state index < -0.39 is 11.7 Å². The van der Waals surface area contributed by atoms with Crippen molar-refractivity contribution < 1.29 is 22.8 Å². The summed E-state index contributed by atoms with van der Waals surface area (Å²) in [5, 5.41) is 0. The van der Waals surface area contributed by atoms with Gasteiger partial charge < -0.3 is 9.80 Å². The van der Waals surface area contributed by atoms with Crippen molar-refractivity contribution in [1.82, 2.24) is 4.90 Å². The Bertz CT molecular complexity index is 1080. The maximum atomic E-state index is 13.4. The summed E-state index contributed by atoms with van der Waals surface area (Å²) >= 11 is 1.23. The quantitative estimate of drug-likeness (QED) is 0.509. The van der Waals surface area contributed by atoms with Gasteiger partial charge in [-0.1, -0.05) is 43.0 Å². The van der Waals surface area contributed by atoms with Crippen LogP contribution in [0.1, 0.15) is 43.7 Å². The average Bonchev–Trinajstić information content (AvgIpc) is 2.81. The largest absolute Gasteiger partial charge is 0.416 e. The first-order chi connectivity index (χ1) is 15.8. The number of rotatable bonds is 4. The van der Waals surface area contributed by atoms with Gasteiger partial charge in [0.05, 0.1) is 22.7 Å². The van der Waals surface area contributed by atoms with Crippen molar-refractivity contribution in [2.75, 3.05) is 11.4 Å². The molecule has 174 valence electrons. The van der Waals surface area contributed by atoms with Crippen molar-refractivity contribution >= 4 is 29.3 Å². The monoisotopic (exact) mass is 474 g/mol. The molecule has 0 unspecified atom stereocenters. The van der Waals surface area contributed by atoms with Crippen LogP contribution in [0.2, 0.25) is 0 Å². The summed E-state index contributed by atoms with van der Waals surface area (Å²) in [4.78, 5) is 30.8. The van der Waals surface area contributed by atoms with Crippen molar-refractivity contribution in [3.8, 4) is 0 Å². The van der Waals surface area contributed by atoms with Crippen LogP contribution in [-0.4, -0.2) is 29.3 Å². The second-order valence-electron chi connectivity index (χ2n) is 8.26. The summed E-state index contributed by atoms with van der Waals surface area (Å²) in [5.74, 6) is -0.565. The molecule has 2 aliphatic heterocycles. The van der Waals surface area contributed by atoms with E-state index in [0.29, 0.717) is 17.8 Å². The third-order valence-electron chi connectivity index (χ3n) is 6.06. The number of hydrogen-bond donors (Lipinski definition) is 0. The molecular weight excluding hydrogens is 449 g/mol. The molecule has 2 amide bonds. The number of alkyl halides is 3. The van der Waals surface area contributed by atoms with Gasteiger partial charge in [-0.05, 0) is 55.5 Å². The summed E-state index contributed by atoms with van der Waals surface area (Å²) in [6.45, 7) is 2.70. The van der Waals surface area contributed by atoms with Gasteiger partial charge in [0.15, 0.2) is 0 Å². The Morgan fingerprint density at radius 3 is 2.70 bits per heavy atom. The number of piperidine rings is 1. The number of halogens is 3. The summed E-state index contributed by atoms with van der Waals surface area (Å²) in [6, 6.07) is 12.4. The summed E-state index contributed by atoms with van der Waals surface area (Å²) in [7, 11) is 0. The highest BCUT2D eigenvalue weighted by Crippen LogP contribution is 2.42. The van der Waals surface area contributed by atoms with Gasteiger partial charge in [-0.2, -0.15) is 13.2 Å². The first kappa shape index (κ1) is 23.4. The van der Waals surface area contributed by atoms with E-state index in [2.05, 4.69) is 6.92 Å². The third-order valence-corrected chi connectivity index (χ3v) is 7.14. The SMILES string of the molecule is CC[C@@H]1CCCCN1C(=O)/C=C1/Sc2ccccc2N(Cc2cccc(C(F)(F)F)c2)C1=O. The fourth-order valence-corrected chi connectivity index (χ4v) is 5.38. The van der Waals surface area contributed by atoms with E-state index in [0.717, 1.165) is 42.7 Å². The number of likely N-dealkylation sites (tertiary alicyclic amines) is 1. The number of anilines is 1. The molecule has 0 radical (unpaired) electrons. The van der Waals surface area contributed by atoms with Gasteiger partial charge in [-0.25, -0.2) is 0 Å². The van der Waals surface area contributed by atoms with Gasteiger partial charge in [-0.15, -0.1) is 0 Å². The number of fused-ring (bicyclic) bond motifs is 1. The van der Waals surface area contributed by atoms with Crippen LogP contribution < -0.4 is 4.90 Å². The van der Waals surface area contributed by atoms with Gasteiger partial charge in [-0.3, -0.25) is 9.59 Å². The number of benzene rings is 2. The minimum absolute atomic E-state index is 0.0207. The maximum absolute atomic E-state index is 13.4. The highest BCUT2D eigenvalue weighted by molar-refractivity contribution is 8.04. The first-order valence-corrected chi connectivity index (χ1v) is 11.9. The standard InChI is InChI=1S/C25H25F3N2O2S/c1-2-19-10-5-6-13-29(19)23(31)15-22-24(32)30(20-11-3-4-12-21(20)33-22)16-17-8-7-9-18(14-17)25(26,27)28/h3-4,7-9,11-12,14-15,19H,2,5-6,10,13,16H2,1H3/b22-15+/t19-/m1/s1. The molecule has 0 bridgehead atoms. The Hall–Kier alpha value is -2.74. The van der Waals surface area contributed by atoms with Crippen molar-refractivity contribution in [2.45, 2.75) is 56.3 Å². The lowest BCUT2D eigenvalue weighted by Crippen LogP contribution is -2.43. The van der Waals surface area contributed by atoms with E-state index in [1.54, 1.807) is 18.2 Å². The topological polar surface area (TPSA) is 40.6 Å². The number of carbonyl (C=O) groups excluding carboxylic acids is 2. The second-order valence-corrected chi connectivity index (χ2v) is 9.34. The molecule has 4 rings (SSSR count). The van der Waals surface area contributed by atoms with E-state index in [1.165, 1.54) is 28.8 Å². The minimum atomic E-state index is -4.46. The van der Waals surface area contributed by atoms with Crippen LogP contribution in [0.3, 0.4) is 0 Å². The van der Waals surface area contributed by atoms with E-state index in [9.17, 15) is 22.8 Å². The van der Waals surface area contributed by atoms with Crippen LogP contribution in [0.4, 0.5) is 18.9 Å². The second kappa shape index (κ2) is 9.63. The maximum Gasteiger partial charge on any atom is 0.416 e. The van der Waals surface area contributed by atoms with E-state index in [-0.39, 0.29) is 29.3 Å². The molecule has 2 aliphatic rings. The molecule has 2 aromatic rings. The number of para-hydroxylation sites is 1. The molecule has 1 atom stereocenters. The van der Waals surface area contributed by atoms with E-state index >= 15 is 0 Å². The average molecular weight is 475 g/mol. The molecule has 0 N–H and O–H groups in total. The minimum Gasteiger partial charge on any atom is -0.336 e. The van der Waals surface area contributed by atoms with Crippen LogP contribution in [0.25, 0.3) is 0 Å².